The number of fused-ring (bicyclic) bond motifs is 1. The molecule has 1 aliphatic heterocycles. The SMILES string of the molecule is NCc1cc2c(N3CCN(CCc4ccccc4)CC3)cccc2s1. The molecule has 25 heavy (non-hydrogen) atoms. The van der Waals surface area contributed by atoms with Crippen molar-refractivity contribution in [3.63, 3.8) is 0 Å². The van der Waals surface area contributed by atoms with Crippen molar-refractivity contribution >= 4 is 27.1 Å². The molecule has 4 heteroatoms. The van der Waals surface area contributed by atoms with Crippen molar-refractivity contribution in [2.45, 2.75) is 13.0 Å². The minimum absolute atomic E-state index is 0.631. The average molecular weight is 352 g/mol. The summed E-state index contributed by atoms with van der Waals surface area (Å²) in [6.07, 6.45) is 1.14. The van der Waals surface area contributed by atoms with E-state index >= 15 is 0 Å². The van der Waals surface area contributed by atoms with Gasteiger partial charge in [-0.2, -0.15) is 0 Å². The molecule has 0 unspecified atom stereocenters. The van der Waals surface area contributed by atoms with Crippen LogP contribution in [0.1, 0.15) is 10.4 Å². The van der Waals surface area contributed by atoms with Crippen LogP contribution in [0.5, 0.6) is 0 Å². The summed E-state index contributed by atoms with van der Waals surface area (Å²) in [6.45, 7) is 6.25. The Morgan fingerprint density at radius 1 is 0.920 bits per heavy atom. The zero-order valence-corrected chi connectivity index (χ0v) is 15.3. The van der Waals surface area contributed by atoms with Crippen molar-refractivity contribution in [2.75, 3.05) is 37.6 Å². The van der Waals surface area contributed by atoms with E-state index in [0.717, 1.165) is 39.1 Å². The first-order valence-electron chi connectivity index (χ1n) is 9.06. The van der Waals surface area contributed by atoms with Crippen LogP contribution in [0, 0.1) is 0 Å². The Bertz CT molecular complexity index is 820. The lowest BCUT2D eigenvalue weighted by molar-refractivity contribution is 0.261. The third-order valence-electron chi connectivity index (χ3n) is 5.06. The van der Waals surface area contributed by atoms with E-state index in [-0.39, 0.29) is 0 Å². The molecule has 3 aromatic rings. The molecule has 0 bridgehead atoms. The van der Waals surface area contributed by atoms with Gasteiger partial charge in [0.15, 0.2) is 0 Å². The zero-order valence-electron chi connectivity index (χ0n) is 14.5. The standard InChI is InChI=1S/C21H25N3S/c22-16-18-15-19-20(7-4-8-21(19)25-18)24-13-11-23(12-14-24)10-9-17-5-2-1-3-6-17/h1-8,15H,9-14,16,22H2. The summed E-state index contributed by atoms with van der Waals surface area (Å²) in [4.78, 5) is 6.39. The molecule has 1 aromatic heterocycles. The normalized spacial score (nSPS) is 15.8. The van der Waals surface area contributed by atoms with Crippen molar-refractivity contribution in [3.8, 4) is 0 Å². The fourth-order valence-electron chi connectivity index (χ4n) is 3.62. The fourth-order valence-corrected chi connectivity index (χ4v) is 4.58. The Kier molecular flexibility index (Phi) is 5.02. The lowest BCUT2D eigenvalue weighted by Gasteiger charge is -2.36. The van der Waals surface area contributed by atoms with Gasteiger partial charge in [-0.1, -0.05) is 36.4 Å². The van der Waals surface area contributed by atoms with Crippen LogP contribution in [0.4, 0.5) is 5.69 Å². The van der Waals surface area contributed by atoms with Crippen LogP contribution in [0.2, 0.25) is 0 Å². The van der Waals surface area contributed by atoms with Gasteiger partial charge in [0.05, 0.1) is 0 Å². The largest absolute Gasteiger partial charge is 0.368 e. The Balaban J connectivity index is 1.39. The number of piperazine rings is 1. The van der Waals surface area contributed by atoms with Crippen LogP contribution in [0.15, 0.2) is 54.6 Å². The van der Waals surface area contributed by atoms with E-state index in [2.05, 4.69) is 64.4 Å². The van der Waals surface area contributed by atoms with Crippen LogP contribution in [-0.4, -0.2) is 37.6 Å². The minimum Gasteiger partial charge on any atom is -0.368 e. The first-order valence-corrected chi connectivity index (χ1v) is 9.88. The summed E-state index contributed by atoms with van der Waals surface area (Å²) in [5.41, 5.74) is 8.64. The van der Waals surface area contributed by atoms with E-state index in [9.17, 15) is 0 Å². The molecule has 1 saturated heterocycles. The molecule has 1 aliphatic rings. The van der Waals surface area contributed by atoms with Crippen molar-refractivity contribution in [1.29, 1.82) is 0 Å². The summed E-state index contributed by atoms with van der Waals surface area (Å²) in [5.74, 6) is 0. The van der Waals surface area contributed by atoms with Gasteiger partial charge in [-0.25, -0.2) is 0 Å². The van der Waals surface area contributed by atoms with E-state index in [1.54, 1.807) is 0 Å². The smallest absolute Gasteiger partial charge is 0.0455 e. The van der Waals surface area contributed by atoms with Gasteiger partial charge in [0.25, 0.3) is 0 Å². The molecule has 0 atom stereocenters. The van der Waals surface area contributed by atoms with Crippen molar-refractivity contribution in [2.24, 2.45) is 5.73 Å². The quantitative estimate of drug-likeness (QED) is 0.760. The molecule has 0 saturated carbocycles. The van der Waals surface area contributed by atoms with E-state index in [4.69, 9.17) is 5.73 Å². The predicted octanol–water partition coefficient (Wildman–Crippen LogP) is 3.72. The molecule has 2 N–H and O–H groups in total. The molecule has 130 valence electrons. The maximum atomic E-state index is 5.83. The maximum absolute atomic E-state index is 5.83. The second-order valence-corrected chi connectivity index (χ2v) is 7.84. The third-order valence-corrected chi connectivity index (χ3v) is 6.19. The van der Waals surface area contributed by atoms with E-state index in [1.165, 1.54) is 26.2 Å². The first-order chi connectivity index (χ1) is 12.3. The van der Waals surface area contributed by atoms with Crippen LogP contribution < -0.4 is 10.6 Å². The number of rotatable bonds is 5. The lowest BCUT2D eigenvalue weighted by atomic mass is 10.1. The molecule has 4 rings (SSSR count). The van der Waals surface area contributed by atoms with Crippen LogP contribution >= 0.6 is 11.3 Å². The zero-order chi connectivity index (χ0) is 17.1. The lowest BCUT2D eigenvalue weighted by Crippen LogP contribution is -2.47. The molecule has 3 nitrogen and oxygen atoms in total. The van der Waals surface area contributed by atoms with Crippen molar-refractivity contribution < 1.29 is 0 Å². The van der Waals surface area contributed by atoms with Crippen LogP contribution in [-0.2, 0) is 13.0 Å². The highest BCUT2D eigenvalue weighted by Crippen LogP contribution is 2.33. The average Bonchev–Trinajstić information content (AvgIpc) is 3.11. The molecular weight excluding hydrogens is 326 g/mol. The Hall–Kier alpha value is -1.88. The highest BCUT2D eigenvalue weighted by molar-refractivity contribution is 7.19. The molecular formula is C21H25N3S. The Morgan fingerprint density at radius 3 is 2.48 bits per heavy atom. The van der Waals surface area contributed by atoms with E-state index < -0.39 is 0 Å². The fraction of sp³-hybridized carbons (Fsp3) is 0.333. The summed E-state index contributed by atoms with van der Waals surface area (Å²) < 4.78 is 1.35. The van der Waals surface area contributed by atoms with E-state index in [0.29, 0.717) is 6.54 Å². The third kappa shape index (κ3) is 3.71. The second kappa shape index (κ2) is 7.56. The number of benzene rings is 2. The summed E-state index contributed by atoms with van der Waals surface area (Å²) >= 11 is 1.82. The number of thiophene rings is 1. The molecule has 1 fully saturated rings. The highest BCUT2D eigenvalue weighted by Gasteiger charge is 2.19. The molecule has 2 heterocycles. The van der Waals surface area contributed by atoms with Crippen molar-refractivity contribution in [3.05, 3.63) is 65.0 Å². The Labute approximate surface area is 153 Å². The molecule has 0 radical (unpaired) electrons. The number of hydrogen-bond acceptors (Lipinski definition) is 4. The van der Waals surface area contributed by atoms with E-state index in [1.807, 2.05) is 11.3 Å². The van der Waals surface area contributed by atoms with Gasteiger partial charge in [-0.3, -0.25) is 4.90 Å². The van der Waals surface area contributed by atoms with Crippen LogP contribution in [0.25, 0.3) is 10.1 Å². The van der Waals surface area contributed by atoms with Gasteiger partial charge in [0, 0.05) is 59.9 Å². The van der Waals surface area contributed by atoms with Crippen LogP contribution in [0.3, 0.4) is 0 Å². The second-order valence-electron chi connectivity index (χ2n) is 6.67. The number of nitrogens with two attached hydrogens (primary N) is 1. The maximum Gasteiger partial charge on any atom is 0.0455 e. The molecule has 0 spiro atoms. The Morgan fingerprint density at radius 2 is 1.72 bits per heavy atom. The molecule has 2 aromatic carbocycles. The number of hydrogen-bond donors (Lipinski definition) is 1. The first kappa shape index (κ1) is 16.6. The summed E-state index contributed by atoms with van der Waals surface area (Å²) in [5, 5.41) is 1.37. The summed E-state index contributed by atoms with van der Waals surface area (Å²) in [6, 6.07) is 19.7. The molecule has 0 aliphatic carbocycles. The topological polar surface area (TPSA) is 32.5 Å². The van der Waals surface area contributed by atoms with Gasteiger partial charge in [-0.15, -0.1) is 11.3 Å². The summed E-state index contributed by atoms with van der Waals surface area (Å²) in [7, 11) is 0. The number of nitrogens with zero attached hydrogens (tertiary/aromatic N) is 2. The predicted molar refractivity (Wildman–Crippen MR) is 109 cm³/mol. The van der Waals surface area contributed by atoms with Gasteiger partial charge in [-0.05, 0) is 30.2 Å². The number of anilines is 1. The molecule has 0 amide bonds. The van der Waals surface area contributed by atoms with Gasteiger partial charge < -0.3 is 10.6 Å². The monoisotopic (exact) mass is 351 g/mol. The van der Waals surface area contributed by atoms with Gasteiger partial charge >= 0.3 is 0 Å². The van der Waals surface area contributed by atoms with Gasteiger partial charge in [0.2, 0.25) is 0 Å². The minimum atomic E-state index is 0.631. The van der Waals surface area contributed by atoms with Gasteiger partial charge in [0.1, 0.15) is 0 Å². The van der Waals surface area contributed by atoms with Crippen molar-refractivity contribution in [1.82, 2.24) is 4.90 Å². The highest BCUT2D eigenvalue weighted by atomic mass is 32.1.